The Labute approximate surface area is 307 Å². The van der Waals surface area contributed by atoms with Crippen LogP contribution in [0.15, 0.2) is 182 Å². The molecule has 0 fully saturated rings. The summed E-state index contributed by atoms with van der Waals surface area (Å²) < 4.78 is 4.73. The van der Waals surface area contributed by atoms with Crippen LogP contribution in [0.25, 0.3) is 82.1 Å². The van der Waals surface area contributed by atoms with Crippen LogP contribution < -0.4 is 0 Å². The molecule has 3 heteroatoms. The van der Waals surface area contributed by atoms with Crippen molar-refractivity contribution < 1.29 is 0 Å². The molecule has 0 amide bonds. The van der Waals surface area contributed by atoms with E-state index in [1.807, 2.05) is 0 Å². The highest BCUT2D eigenvalue weighted by Gasteiger charge is 2.33. The second-order valence-corrected chi connectivity index (χ2v) is 13.9. The molecule has 3 nitrogen and oxygen atoms in total. The summed E-state index contributed by atoms with van der Waals surface area (Å²) in [6.45, 7) is 8.38. The topological polar surface area (TPSA) is 14.2 Å². The van der Waals surface area contributed by atoms with Gasteiger partial charge in [0, 0.05) is 38.8 Å². The van der Waals surface area contributed by atoms with E-state index in [9.17, 15) is 0 Å². The zero-order chi connectivity index (χ0) is 35.0. The average molecular weight is 674 g/mol. The molecule has 0 aliphatic heterocycles. The van der Waals surface area contributed by atoms with Gasteiger partial charge in [0.15, 0.2) is 5.69 Å². The zero-order valence-electron chi connectivity index (χ0n) is 28.7. The molecule has 10 aromatic rings. The van der Waals surface area contributed by atoms with Crippen LogP contribution in [0.1, 0.15) is 22.6 Å². The summed E-state index contributed by atoms with van der Waals surface area (Å²) in [6, 6.07) is 65.2. The third kappa shape index (κ3) is 4.27. The van der Waals surface area contributed by atoms with Gasteiger partial charge in [-0.2, -0.15) is 0 Å². The molecule has 8 aromatic carbocycles. The molecule has 53 heavy (non-hydrogen) atoms. The molecular formula is C50H31N3. The Morgan fingerprint density at radius 3 is 1.70 bits per heavy atom. The standard InChI is InChI=1S/C50H31N3/c1-51-44-31-35(27-28-36(44)32-23-25-34(26-24-32)52-45-20-10-7-16-38(45)39-17-8-11-21-46(39)52)53-47-22-12-9-18-40(47)43-30-29-42-37-15-5-6-19-41(37)48(49(42)50(43)53)33-13-3-2-4-14-33/h2-31,48H. The lowest BCUT2D eigenvalue weighted by molar-refractivity contribution is 1.01. The Balaban J connectivity index is 1.08. The van der Waals surface area contributed by atoms with Gasteiger partial charge in [0.2, 0.25) is 0 Å². The Kier molecular flexibility index (Phi) is 6.38. The maximum absolute atomic E-state index is 8.38. The van der Waals surface area contributed by atoms with Crippen molar-refractivity contribution in [2.24, 2.45) is 0 Å². The second kappa shape index (κ2) is 11.4. The molecular weight excluding hydrogens is 643 g/mol. The number of hydrogen-bond acceptors (Lipinski definition) is 0. The molecule has 1 unspecified atom stereocenters. The lowest BCUT2D eigenvalue weighted by Crippen LogP contribution is -2.03. The van der Waals surface area contributed by atoms with E-state index >= 15 is 0 Å². The first-order valence-electron chi connectivity index (χ1n) is 18.1. The number of aromatic nitrogens is 2. The monoisotopic (exact) mass is 673 g/mol. The molecule has 1 aliphatic carbocycles. The molecule has 2 heterocycles. The predicted molar refractivity (Wildman–Crippen MR) is 220 cm³/mol. The molecule has 246 valence electrons. The smallest absolute Gasteiger partial charge is 0.196 e. The van der Waals surface area contributed by atoms with E-state index in [1.54, 1.807) is 0 Å². The van der Waals surface area contributed by atoms with Gasteiger partial charge in [-0.25, -0.2) is 4.85 Å². The number of rotatable bonds is 4. The minimum atomic E-state index is 0.0989. The summed E-state index contributed by atoms with van der Waals surface area (Å²) in [7, 11) is 0. The van der Waals surface area contributed by atoms with Crippen molar-refractivity contribution in [3.63, 3.8) is 0 Å². The number of nitrogens with zero attached hydrogens (tertiary/aromatic N) is 3. The molecule has 0 radical (unpaired) electrons. The number of para-hydroxylation sites is 3. The molecule has 0 bridgehead atoms. The Hall–Kier alpha value is -7.15. The third-order valence-corrected chi connectivity index (χ3v) is 11.2. The quantitative estimate of drug-likeness (QED) is 0.165. The summed E-state index contributed by atoms with van der Waals surface area (Å²) in [4.78, 5) is 4.13. The molecule has 2 aromatic heterocycles. The van der Waals surface area contributed by atoms with E-state index < -0.39 is 0 Å². The van der Waals surface area contributed by atoms with E-state index in [4.69, 9.17) is 6.57 Å². The van der Waals surface area contributed by atoms with Crippen LogP contribution in [0.4, 0.5) is 5.69 Å². The molecule has 0 saturated heterocycles. The van der Waals surface area contributed by atoms with Gasteiger partial charge in [0.05, 0.1) is 28.6 Å². The zero-order valence-corrected chi connectivity index (χ0v) is 28.7. The number of fused-ring (bicyclic) bond motifs is 10. The van der Waals surface area contributed by atoms with Crippen LogP contribution in [0, 0.1) is 6.57 Å². The molecule has 1 aliphatic rings. The summed E-state index contributed by atoms with van der Waals surface area (Å²) in [5.74, 6) is 0.0989. The van der Waals surface area contributed by atoms with Crippen molar-refractivity contribution >= 4 is 49.3 Å². The minimum Gasteiger partial charge on any atom is -0.310 e. The Morgan fingerprint density at radius 2 is 1.00 bits per heavy atom. The minimum absolute atomic E-state index is 0.0989. The van der Waals surface area contributed by atoms with E-state index in [-0.39, 0.29) is 5.92 Å². The van der Waals surface area contributed by atoms with Crippen LogP contribution >= 0.6 is 0 Å². The van der Waals surface area contributed by atoms with Crippen molar-refractivity contribution in [2.75, 3.05) is 0 Å². The fourth-order valence-corrected chi connectivity index (χ4v) is 9.01. The lowest BCUT2D eigenvalue weighted by atomic mass is 9.88. The van der Waals surface area contributed by atoms with Crippen LogP contribution in [0.3, 0.4) is 0 Å². The largest absolute Gasteiger partial charge is 0.310 e. The molecule has 1 atom stereocenters. The Bertz CT molecular complexity index is 3060. The average Bonchev–Trinajstić information content (AvgIpc) is 3.87. The maximum Gasteiger partial charge on any atom is 0.196 e. The van der Waals surface area contributed by atoms with Gasteiger partial charge >= 0.3 is 0 Å². The van der Waals surface area contributed by atoms with Gasteiger partial charge in [-0.05, 0) is 81.4 Å². The Morgan fingerprint density at radius 1 is 0.434 bits per heavy atom. The first kappa shape index (κ1) is 29.6. The summed E-state index contributed by atoms with van der Waals surface area (Å²) >= 11 is 0. The predicted octanol–water partition coefficient (Wildman–Crippen LogP) is 13.3. The second-order valence-electron chi connectivity index (χ2n) is 13.9. The molecule has 0 N–H and O–H groups in total. The fourth-order valence-electron chi connectivity index (χ4n) is 9.01. The SMILES string of the molecule is [C-]#[N+]c1cc(-n2c3ccccc3c3ccc4c(c32)C(c2ccccc2)c2ccccc2-4)ccc1-c1ccc(-n2c3ccccc3c3ccccc32)cc1. The third-order valence-electron chi connectivity index (χ3n) is 11.2. The van der Waals surface area contributed by atoms with Gasteiger partial charge in [-0.15, -0.1) is 0 Å². The molecule has 11 rings (SSSR count). The van der Waals surface area contributed by atoms with E-state index in [0.717, 1.165) is 28.0 Å². The maximum atomic E-state index is 8.38. The molecule has 0 saturated carbocycles. The van der Waals surface area contributed by atoms with Crippen molar-refractivity contribution in [1.82, 2.24) is 9.13 Å². The van der Waals surface area contributed by atoms with Crippen LogP contribution in [-0.2, 0) is 0 Å². The van der Waals surface area contributed by atoms with Crippen LogP contribution in [-0.4, -0.2) is 9.13 Å². The van der Waals surface area contributed by atoms with Crippen molar-refractivity contribution in [3.8, 4) is 33.6 Å². The van der Waals surface area contributed by atoms with Crippen LogP contribution in [0.5, 0.6) is 0 Å². The first-order valence-corrected chi connectivity index (χ1v) is 18.1. The van der Waals surface area contributed by atoms with Gasteiger partial charge in [-0.3, -0.25) is 0 Å². The van der Waals surface area contributed by atoms with Gasteiger partial charge < -0.3 is 9.13 Å². The first-order chi connectivity index (χ1) is 26.3. The summed E-state index contributed by atoms with van der Waals surface area (Å²) in [5, 5.41) is 4.92. The number of hydrogen-bond donors (Lipinski definition) is 0. The van der Waals surface area contributed by atoms with Crippen LogP contribution in [0.2, 0.25) is 0 Å². The molecule has 0 spiro atoms. The van der Waals surface area contributed by atoms with Crippen molar-refractivity contribution in [3.05, 3.63) is 210 Å². The normalized spacial score (nSPS) is 13.5. The van der Waals surface area contributed by atoms with Crippen molar-refractivity contribution in [2.45, 2.75) is 5.92 Å². The fraction of sp³-hybridized carbons (Fsp3) is 0.0200. The van der Waals surface area contributed by atoms with Gasteiger partial charge in [-0.1, -0.05) is 140 Å². The van der Waals surface area contributed by atoms with Gasteiger partial charge in [0.25, 0.3) is 0 Å². The van der Waals surface area contributed by atoms with Gasteiger partial charge in [0.1, 0.15) is 0 Å². The van der Waals surface area contributed by atoms with E-state index in [0.29, 0.717) is 5.69 Å². The lowest BCUT2D eigenvalue weighted by Gasteiger charge is -2.18. The van der Waals surface area contributed by atoms with E-state index in [2.05, 4.69) is 196 Å². The summed E-state index contributed by atoms with van der Waals surface area (Å²) in [5.41, 5.74) is 15.9. The van der Waals surface area contributed by atoms with E-state index in [1.165, 1.54) is 65.9 Å². The highest BCUT2D eigenvalue weighted by molar-refractivity contribution is 6.13. The highest BCUT2D eigenvalue weighted by atomic mass is 15.0. The van der Waals surface area contributed by atoms with Crippen molar-refractivity contribution in [1.29, 1.82) is 0 Å². The summed E-state index contributed by atoms with van der Waals surface area (Å²) in [6.07, 6.45) is 0. The highest BCUT2D eigenvalue weighted by Crippen LogP contribution is 2.52. The number of benzene rings is 8.